The highest BCUT2D eigenvalue weighted by molar-refractivity contribution is 14.0. The van der Waals surface area contributed by atoms with Gasteiger partial charge >= 0.3 is 6.18 Å². The molecular weight excluding hydrogens is 436 g/mol. The Bertz CT molecular complexity index is 352. The highest BCUT2D eigenvalue weighted by atomic mass is 127. The third kappa shape index (κ3) is 14.1. The van der Waals surface area contributed by atoms with Crippen LogP contribution in [0.1, 0.15) is 25.7 Å². The van der Waals surface area contributed by atoms with Crippen LogP contribution in [0.2, 0.25) is 0 Å². The minimum absolute atomic E-state index is 0. The molecule has 1 rings (SSSR count). The summed E-state index contributed by atoms with van der Waals surface area (Å²) in [5, 5.41) is 6.26. The van der Waals surface area contributed by atoms with Crippen molar-refractivity contribution in [1.82, 2.24) is 15.5 Å². The Hall–Kier alpha value is -0.290. The van der Waals surface area contributed by atoms with Crippen molar-refractivity contribution in [3.63, 3.8) is 0 Å². The lowest BCUT2D eigenvalue weighted by Crippen LogP contribution is -2.39. The lowest BCUT2D eigenvalue weighted by atomic mass is 10.4. The van der Waals surface area contributed by atoms with Crippen LogP contribution in [0.15, 0.2) is 4.99 Å². The smallest absolute Gasteiger partial charge is 0.381 e. The summed E-state index contributed by atoms with van der Waals surface area (Å²) < 4.78 is 42.1. The first-order chi connectivity index (χ1) is 10.9. The van der Waals surface area contributed by atoms with E-state index < -0.39 is 12.7 Å². The Morgan fingerprint density at radius 1 is 1.21 bits per heavy atom. The zero-order valence-corrected chi connectivity index (χ0v) is 16.8. The molecule has 9 heteroatoms. The number of aliphatic imine (C=N–C) groups is 1. The van der Waals surface area contributed by atoms with Crippen molar-refractivity contribution >= 4 is 29.9 Å². The van der Waals surface area contributed by atoms with Crippen molar-refractivity contribution in [2.75, 3.05) is 53.5 Å². The summed E-state index contributed by atoms with van der Waals surface area (Å²) >= 11 is 0. The maximum atomic E-state index is 12.2. The molecule has 1 saturated carbocycles. The second-order valence-corrected chi connectivity index (χ2v) is 6.00. The Labute approximate surface area is 159 Å². The topological polar surface area (TPSA) is 48.9 Å². The van der Waals surface area contributed by atoms with Crippen molar-refractivity contribution in [1.29, 1.82) is 0 Å². The summed E-state index contributed by atoms with van der Waals surface area (Å²) in [6, 6.07) is 0. The van der Waals surface area contributed by atoms with Crippen LogP contribution in [0.5, 0.6) is 0 Å². The molecule has 0 aromatic heterocycles. The maximum absolute atomic E-state index is 12.2. The van der Waals surface area contributed by atoms with Crippen LogP contribution in [0.25, 0.3) is 0 Å². The van der Waals surface area contributed by atoms with Crippen LogP contribution in [0.4, 0.5) is 13.2 Å². The van der Waals surface area contributed by atoms with Gasteiger partial charge in [-0.15, -0.1) is 24.0 Å². The Morgan fingerprint density at radius 2 is 1.83 bits per heavy atom. The van der Waals surface area contributed by atoms with E-state index in [4.69, 9.17) is 4.74 Å². The lowest BCUT2D eigenvalue weighted by Gasteiger charge is -2.19. The average Bonchev–Trinajstić information content (AvgIpc) is 3.27. The molecule has 0 aromatic rings. The number of nitrogens with zero attached hydrogens (tertiary/aromatic N) is 2. The number of alkyl halides is 3. The van der Waals surface area contributed by atoms with Crippen LogP contribution < -0.4 is 10.6 Å². The van der Waals surface area contributed by atoms with Gasteiger partial charge in [0.2, 0.25) is 0 Å². The molecule has 0 amide bonds. The number of hydrogen-bond donors (Lipinski definition) is 2. The molecule has 1 aliphatic carbocycles. The Kier molecular flexibility index (Phi) is 12.8. The van der Waals surface area contributed by atoms with Crippen LogP contribution in [0, 0.1) is 5.92 Å². The Balaban J connectivity index is 0.00000529. The predicted molar refractivity (Wildman–Crippen MR) is 101 cm³/mol. The summed E-state index contributed by atoms with van der Waals surface area (Å²) in [5.41, 5.74) is 0. The van der Waals surface area contributed by atoms with E-state index in [0.29, 0.717) is 25.5 Å². The third-order valence-electron chi connectivity index (χ3n) is 3.49. The zero-order chi connectivity index (χ0) is 17.1. The van der Waals surface area contributed by atoms with Gasteiger partial charge in [-0.1, -0.05) is 0 Å². The minimum Gasteiger partial charge on any atom is -0.381 e. The van der Waals surface area contributed by atoms with E-state index >= 15 is 0 Å². The van der Waals surface area contributed by atoms with E-state index in [2.05, 4.69) is 15.6 Å². The molecule has 0 radical (unpaired) electrons. The number of hydrogen-bond acceptors (Lipinski definition) is 3. The zero-order valence-electron chi connectivity index (χ0n) is 14.5. The molecule has 1 fully saturated rings. The summed E-state index contributed by atoms with van der Waals surface area (Å²) in [5.74, 6) is 1.46. The van der Waals surface area contributed by atoms with E-state index in [1.54, 1.807) is 7.05 Å². The maximum Gasteiger partial charge on any atom is 0.401 e. The van der Waals surface area contributed by atoms with Gasteiger partial charge in [0.1, 0.15) is 0 Å². The fraction of sp³-hybridized carbons (Fsp3) is 0.933. The molecule has 0 atom stereocenters. The minimum atomic E-state index is -4.14. The second-order valence-electron chi connectivity index (χ2n) is 6.00. The van der Waals surface area contributed by atoms with Crippen molar-refractivity contribution in [2.24, 2.45) is 10.9 Å². The summed E-state index contributed by atoms with van der Waals surface area (Å²) in [4.78, 5) is 5.35. The molecule has 0 heterocycles. The van der Waals surface area contributed by atoms with Crippen molar-refractivity contribution < 1.29 is 17.9 Å². The lowest BCUT2D eigenvalue weighted by molar-refractivity contribution is -0.143. The number of rotatable bonds is 11. The van der Waals surface area contributed by atoms with E-state index in [1.165, 1.54) is 24.8 Å². The number of guanidine groups is 1. The summed E-state index contributed by atoms with van der Waals surface area (Å²) in [6.45, 7) is 2.47. The molecular formula is C15H30F3IN4O. The second kappa shape index (κ2) is 13.0. The molecule has 2 N–H and O–H groups in total. The molecule has 1 aliphatic rings. The molecule has 0 spiro atoms. The van der Waals surface area contributed by atoms with E-state index in [9.17, 15) is 13.2 Å². The highest BCUT2D eigenvalue weighted by Gasteiger charge is 2.28. The van der Waals surface area contributed by atoms with Gasteiger partial charge in [-0.2, -0.15) is 13.2 Å². The third-order valence-corrected chi connectivity index (χ3v) is 3.49. The molecule has 5 nitrogen and oxygen atoms in total. The van der Waals surface area contributed by atoms with Gasteiger partial charge < -0.3 is 15.4 Å². The Morgan fingerprint density at radius 3 is 2.38 bits per heavy atom. The summed E-state index contributed by atoms with van der Waals surface area (Å²) in [6.07, 6.45) is -0.0131. The SMILES string of the molecule is CN=C(NCCCOCC1CC1)NCCCN(C)CC(F)(F)F.I. The fourth-order valence-corrected chi connectivity index (χ4v) is 2.08. The van der Waals surface area contributed by atoms with E-state index in [1.807, 2.05) is 0 Å². The van der Waals surface area contributed by atoms with Gasteiger partial charge in [-0.3, -0.25) is 9.89 Å². The van der Waals surface area contributed by atoms with Crippen molar-refractivity contribution in [3.05, 3.63) is 0 Å². The molecule has 0 bridgehead atoms. The normalized spacial score (nSPS) is 15.3. The molecule has 0 saturated heterocycles. The average molecular weight is 466 g/mol. The van der Waals surface area contributed by atoms with E-state index in [0.717, 1.165) is 32.1 Å². The number of ether oxygens (including phenoxy) is 1. The molecule has 144 valence electrons. The van der Waals surface area contributed by atoms with Gasteiger partial charge in [-0.25, -0.2) is 0 Å². The number of nitrogens with one attached hydrogen (secondary N) is 2. The van der Waals surface area contributed by atoms with Gasteiger partial charge in [0.25, 0.3) is 0 Å². The van der Waals surface area contributed by atoms with Crippen molar-refractivity contribution in [2.45, 2.75) is 31.9 Å². The number of halogens is 4. The fourth-order valence-electron chi connectivity index (χ4n) is 2.08. The highest BCUT2D eigenvalue weighted by Crippen LogP contribution is 2.28. The summed E-state index contributed by atoms with van der Waals surface area (Å²) in [7, 11) is 3.15. The standard InChI is InChI=1S/C15H29F3N4O.HI/c1-19-14(21-8-4-10-23-11-13-5-6-13)20-7-3-9-22(2)12-15(16,17)18;/h13H,3-12H2,1-2H3,(H2,19,20,21);1H. The monoisotopic (exact) mass is 466 g/mol. The first kappa shape index (κ1) is 23.7. The van der Waals surface area contributed by atoms with Crippen LogP contribution in [-0.2, 0) is 4.74 Å². The predicted octanol–water partition coefficient (Wildman–Crippen LogP) is 2.47. The first-order valence-electron chi connectivity index (χ1n) is 8.18. The molecule has 24 heavy (non-hydrogen) atoms. The van der Waals surface area contributed by atoms with Gasteiger partial charge in [-0.05, 0) is 45.2 Å². The first-order valence-corrected chi connectivity index (χ1v) is 8.18. The quantitative estimate of drug-likeness (QED) is 0.213. The van der Waals surface area contributed by atoms with Gasteiger partial charge in [0.05, 0.1) is 6.54 Å². The van der Waals surface area contributed by atoms with E-state index in [-0.39, 0.29) is 24.0 Å². The largest absolute Gasteiger partial charge is 0.401 e. The molecule has 0 aromatic carbocycles. The molecule has 0 unspecified atom stereocenters. The van der Waals surface area contributed by atoms with Crippen LogP contribution in [-0.4, -0.2) is 70.5 Å². The van der Waals surface area contributed by atoms with Crippen molar-refractivity contribution in [3.8, 4) is 0 Å². The van der Waals surface area contributed by atoms with Gasteiger partial charge in [0.15, 0.2) is 5.96 Å². The van der Waals surface area contributed by atoms with Crippen LogP contribution in [0.3, 0.4) is 0 Å². The van der Waals surface area contributed by atoms with Gasteiger partial charge in [0, 0.05) is 33.4 Å². The molecule has 0 aliphatic heterocycles. The van der Waals surface area contributed by atoms with Crippen LogP contribution >= 0.6 is 24.0 Å².